The van der Waals surface area contributed by atoms with E-state index in [9.17, 15) is 4.79 Å². The summed E-state index contributed by atoms with van der Waals surface area (Å²) in [5.74, 6) is 1.35. The molecule has 2 aromatic heterocycles. The molecule has 8 nitrogen and oxygen atoms in total. The van der Waals surface area contributed by atoms with Crippen molar-refractivity contribution >= 4 is 23.3 Å². The summed E-state index contributed by atoms with van der Waals surface area (Å²) in [7, 11) is 0. The SMILES string of the molecule is CCOc1cccc([C@@H]2CC(=O)Nc3c2c(C)nn3-c2nncc(-c3ccc(Cl)cc3)n2)c1. The Morgan fingerprint density at radius 2 is 2.03 bits per heavy atom. The number of benzene rings is 2. The van der Waals surface area contributed by atoms with Crippen molar-refractivity contribution in [2.24, 2.45) is 0 Å². The fourth-order valence-corrected chi connectivity index (χ4v) is 4.23. The number of hydrogen-bond donors (Lipinski definition) is 1. The predicted molar refractivity (Wildman–Crippen MR) is 125 cm³/mol. The van der Waals surface area contributed by atoms with Crippen LogP contribution in [0, 0.1) is 6.92 Å². The van der Waals surface area contributed by atoms with Crippen LogP contribution >= 0.6 is 11.6 Å². The fraction of sp³-hybridized carbons (Fsp3) is 0.208. The van der Waals surface area contributed by atoms with Gasteiger partial charge in [-0.2, -0.15) is 14.9 Å². The maximum atomic E-state index is 12.7. The molecule has 1 N–H and O–H groups in total. The molecule has 0 radical (unpaired) electrons. The molecule has 2 aromatic carbocycles. The van der Waals surface area contributed by atoms with Gasteiger partial charge in [0.1, 0.15) is 11.6 Å². The van der Waals surface area contributed by atoms with E-state index in [0.29, 0.717) is 29.6 Å². The molecule has 5 rings (SSSR count). The Labute approximate surface area is 195 Å². The summed E-state index contributed by atoms with van der Waals surface area (Å²) in [6, 6.07) is 15.1. The number of amides is 1. The number of anilines is 1. The zero-order chi connectivity index (χ0) is 22.9. The largest absolute Gasteiger partial charge is 0.494 e. The standard InChI is InChI=1S/C24H21ClN6O2/c1-3-33-18-6-4-5-16(11-18)19-12-21(32)28-23-22(19)14(2)30-31(23)24-27-20(13-26-29-24)15-7-9-17(25)10-8-15/h4-11,13,19H,3,12H2,1-2H3,(H,28,32)/t19-/m0/s1. The van der Waals surface area contributed by atoms with Gasteiger partial charge in [0.25, 0.3) is 5.95 Å². The van der Waals surface area contributed by atoms with Gasteiger partial charge in [-0.05, 0) is 43.7 Å². The lowest BCUT2D eigenvalue weighted by molar-refractivity contribution is -0.116. The van der Waals surface area contributed by atoms with E-state index in [1.807, 2.05) is 50.2 Å². The van der Waals surface area contributed by atoms with Crippen LogP contribution in [0.25, 0.3) is 17.2 Å². The van der Waals surface area contributed by atoms with Gasteiger partial charge < -0.3 is 10.1 Å². The lowest BCUT2D eigenvalue weighted by atomic mass is 9.86. The normalized spacial score (nSPS) is 15.1. The highest BCUT2D eigenvalue weighted by Gasteiger charge is 2.33. The maximum Gasteiger partial charge on any atom is 0.272 e. The van der Waals surface area contributed by atoms with E-state index in [1.54, 1.807) is 23.0 Å². The summed E-state index contributed by atoms with van der Waals surface area (Å²) in [5.41, 5.74) is 4.19. The fourth-order valence-electron chi connectivity index (χ4n) is 4.11. The van der Waals surface area contributed by atoms with Gasteiger partial charge in [0.05, 0.1) is 24.2 Å². The minimum absolute atomic E-state index is 0.0997. The van der Waals surface area contributed by atoms with Gasteiger partial charge in [0, 0.05) is 28.5 Å². The third kappa shape index (κ3) is 4.05. The lowest BCUT2D eigenvalue weighted by Crippen LogP contribution is -2.25. The molecule has 0 saturated carbocycles. The number of ether oxygens (including phenoxy) is 1. The van der Waals surface area contributed by atoms with Crippen molar-refractivity contribution in [1.29, 1.82) is 0 Å². The molecule has 4 aromatic rings. The van der Waals surface area contributed by atoms with E-state index in [4.69, 9.17) is 16.3 Å². The van der Waals surface area contributed by atoms with Gasteiger partial charge >= 0.3 is 0 Å². The number of nitrogens with one attached hydrogen (secondary N) is 1. The second-order valence-electron chi connectivity index (χ2n) is 7.72. The lowest BCUT2D eigenvalue weighted by Gasteiger charge is -2.24. The first kappa shape index (κ1) is 21.1. The highest BCUT2D eigenvalue weighted by atomic mass is 35.5. The van der Waals surface area contributed by atoms with Crippen molar-refractivity contribution in [1.82, 2.24) is 25.0 Å². The molecule has 0 bridgehead atoms. The number of nitrogens with zero attached hydrogens (tertiary/aromatic N) is 5. The van der Waals surface area contributed by atoms with E-state index < -0.39 is 0 Å². The van der Waals surface area contributed by atoms with Crippen LogP contribution in [0.2, 0.25) is 5.02 Å². The Balaban J connectivity index is 1.58. The van der Waals surface area contributed by atoms with Gasteiger partial charge in [0.15, 0.2) is 0 Å². The Bertz CT molecular complexity index is 1340. The zero-order valence-corrected chi connectivity index (χ0v) is 18.9. The summed E-state index contributed by atoms with van der Waals surface area (Å²) in [6.07, 6.45) is 1.90. The van der Waals surface area contributed by atoms with Gasteiger partial charge in [-0.1, -0.05) is 35.9 Å². The van der Waals surface area contributed by atoms with Crippen molar-refractivity contribution in [3.05, 3.63) is 76.6 Å². The predicted octanol–water partition coefficient (Wildman–Crippen LogP) is 4.56. The molecular weight excluding hydrogens is 440 g/mol. The first-order valence-corrected chi connectivity index (χ1v) is 11.0. The topological polar surface area (TPSA) is 94.8 Å². The molecule has 0 aliphatic carbocycles. The molecule has 0 fully saturated rings. The van der Waals surface area contributed by atoms with Gasteiger partial charge in [-0.15, -0.1) is 5.10 Å². The quantitative estimate of drug-likeness (QED) is 0.469. The Kier molecular flexibility index (Phi) is 5.51. The summed E-state index contributed by atoms with van der Waals surface area (Å²) in [6.45, 7) is 4.44. The molecule has 9 heteroatoms. The van der Waals surface area contributed by atoms with E-state index in [2.05, 4.69) is 25.6 Å². The van der Waals surface area contributed by atoms with E-state index >= 15 is 0 Å². The maximum absolute atomic E-state index is 12.7. The third-order valence-electron chi connectivity index (χ3n) is 5.55. The van der Waals surface area contributed by atoms with Crippen molar-refractivity contribution in [3.8, 4) is 23.0 Å². The number of halogens is 1. The second kappa shape index (κ2) is 8.63. The molecule has 1 aliphatic heterocycles. The van der Waals surface area contributed by atoms with Crippen LogP contribution in [0.4, 0.5) is 5.82 Å². The van der Waals surface area contributed by atoms with E-state index in [-0.39, 0.29) is 17.8 Å². The number of aryl methyl sites for hydroxylation is 1. The summed E-state index contributed by atoms with van der Waals surface area (Å²) in [4.78, 5) is 17.3. The Hall–Kier alpha value is -3.78. The molecular formula is C24H21ClN6O2. The van der Waals surface area contributed by atoms with Crippen LogP contribution in [-0.2, 0) is 4.79 Å². The molecule has 1 amide bonds. The zero-order valence-electron chi connectivity index (χ0n) is 18.1. The van der Waals surface area contributed by atoms with Crippen molar-refractivity contribution in [2.75, 3.05) is 11.9 Å². The van der Waals surface area contributed by atoms with Gasteiger partial charge in [0.2, 0.25) is 5.91 Å². The number of fused-ring (bicyclic) bond motifs is 1. The van der Waals surface area contributed by atoms with Crippen LogP contribution < -0.4 is 10.1 Å². The first-order chi connectivity index (χ1) is 16.0. The van der Waals surface area contributed by atoms with Crippen LogP contribution in [0.5, 0.6) is 5.75 Å². The monoisotopic (exact) mass is 460 g/mol. The van der Waals surface area contributed by atoms with Crippen molar-refractivity contribution in [2.45, 2.75) is 26.2 Å². The van der Waals surface area contributed by atoms with Crippen LogP contribution in [0.15, 0.2) is 54.7 Å². The van der Waals surface area contributed by atoms with Crippen LogP contribution in [0.3, 0.4) is 0 Å². The first-order valence-electron chi connectivity index (χ1n) is 10.6. The molecule has 1 aliphatic rings. The number of carbonyl (C=O) groups is 1. The molecule has 0 unspecified atom stereocenters. The number of rotatable bonds is 5. The molecule has 0 spiro atoms. The van der Waals surface area contributed by atoms with Gasteiger partial charge in [-0.3, -0.25) is 4.79 Å². The van der Waals surface area contributed by atoms with Crippen molar-refractivity contribution < 1.29 is 9.53 Å². The molecule has 166 valence electrons. The van der Waals surface area contributed by atoms with Crippen LogP contribution in [-0.4, -0.2) is 37.5 Å². The number of aromatic nitrogens is 5. The van der Waals surface area contributed by atoms with E-state index in [1.165, 1.54) is 0 Å². The third-order valence-corrected chi connectivity index (χ3v) is 5.80. The molecule has 1 atom stereocenters. The Morgan fingerprint density at radius 3 is 2.82 bits per heavy atom. The molecule has 3 heterocycles. The summed E-state index contributed by atoms with van der Waals surface area (Å²) < 4.78 is 7.21. The van der Waals surface area contributed by atoms with E-state index in [0.717, 1.165) is 28.1 Å². The highest BCUT2D eigenvalue weighted by Crippen LogP contribution is 2.40. The Morgan fingerprint density at radius 1 is 1.21 bits per heavy atom. The number of hydrogen-bond acceptors (Lipinski definition) is 6. The summed E-state index contributed by atoms with van der Waals surface area (Å²) in [5, 5.41) is 16.6. The van der Waals surface area contributed by atoms with Gasteiger partial charge in [-0.25, -0.2) is 4.98 Å². The average molecular weight is 461 g/mol. The van der Waals surface area contributed by atoms with Crippen molar-refractivity contribution in [3.63, 3.8) is 0 Å². The van der Waals surface area contributed by atoms with Crippen LogP contribution in [0.1, 0.15) is 36.1 Å². The average Bonchev–Trinajstić information content (AvgIpc) is 3.15. The summed E-state index contributed by atoms with van der Waals surface area (Å²) >= 11 is 6.00. The smallest absolute Gasteiger partial charge is 0.272 e. The highest BCUT2D eigenvalue weighted by molar-refractivity contribution is 6.30. The molecule has 33 heavy (non-hydrogen) atoms. The number of carbonyl (C=O) groups excluding carboxylic acids is 1. The minimum atomic E-state index is -0.157. The second-order valence-corrected chi connectivity index (χ2v) is 8.15. The minimum Gasteiger partial charge on any atom is -0.494 e. The molecule has 0 saturated heterocycles.